The van der Waals surface area contributed by atoms with Gasteiger partial charge in [0.15, 0.2) is 0 Å². The third kappa shape index (κ3) is 6.44. The largest absolute Gasteiger partial charge is 0.354 e. The van der Waals surface area contributed by atoms with Crippen molar-refractivity contribution in [3.8, 4) is 0 Å². The standard InChI is InChI=1S/C22H26BrFN2O2/c1-15(2)13-25-22(28)16(3)26(14-17-7-6-9-19(23)11-17)21(27)12-18-8-4-5-10-20(18)24/h4-11,15-16H,12-14H2,1-3H3,(H,25,28). The third-order valence-electron chi connectivity index (χ3n) is 4.39. The highest BCUT2D eigenvalue weighted by Gasteiger charge is 2.26. The third-order valence-corrected chi connectivity index (χ3v) is 4.89. The molecule has 0 bridgehead atoms. The van der Waals surface area contributed by atoms with Crippen LogP contribution in [0.3, 0.4) is 0 Å². The molecule has 1 atom stereocenters. The molecule has 0 heterocycles. The Morgan fingerprint density at radius 1 is 1.11 bits per heavy atom. The summed E-state index contributed by atoms with van der Waals surface area (Å²) in [6.07, 6.45) is -0.0948. The second-order valence-electron chi connectivity index (χ2n) is 7.23. The Kier molecular flexibility index (Phi) is 8.18. The average Bonchev–Trinajstić information content (AvgIpc) is 2.65. The summed E-state index contributed by atoms with van der Waals surface area (Å²) in [7, 11) is 0. The van der Waals surface area contributed by atoms with Crippen molar-refractivity contribution in [3.05, 3.63) is 69.9 Å². The van der Waals surface area contributed by atoms with Crippen molar-refractivity contribution in [3.63, 3.8) is 0 Å². The lowest BCUT2D eigenvalue weighted by Gasteiger charge is -2.29. The quantitative estimate of drug-likeness (QED) is 0.653. The fourth-order valence-electron chi connectivity index (χ4n) is 2.77. The highest BCUT2D eigenvalue weighted by molar-refractivity contribution is 9.10. The molecule has 0 aromatic heterocycles. The van der Waals surface area contributed by atoms with E-state index < -0.39 is 11.9 Å². The SMILES string of the molecule is CC(C)CNC(=O)C(C)N(Cc1cccc(Br)c1)C(=O)Cc1ccccc1F. The van der Waals surface area contributed by atoms with Gasteiger partial charge in [0.25, 0.3) is 0 Å². The van der Waals surface area contributed by atoms with E-state index in [0.29, 0.717) is 18.0 Å². The number of nitrogens with one attached hydrogen (secondary N) is 1. The van der Waals surface area contributed by atoms with Gasteiger partial charge in [-0.25, -0.2) is 4.39 Å². The molecule has 0 aliphatic carbocycles. The molecule has 6 heteroatoms. The highest BCUT2D eigenvalue weighted by atomic mass is 79.9. The Morgan fingerprint density at radius 3 is 2.46 bits per heavy atom. The van der Waals surface area contributed by atoms with Gasteiger partial charge in [-0.15, -0.1) is 0 Å². The molecular weight excluding hydrogens is 423 g/mol. The van der Waals surface area contributed by atoms with Crippen LogP contribution >= 0.6 is 15.9 Å². The first-order valence-electron chi connectivity index (χ1n) is 9.33. The molecule has 2 amide bonds. The monoisotopic (exact) mass is 448 g/mol. The number of rotatable bonds is 8. The van der Waals surface area contributed by atoms with Crippen LogP contribution in [0.5, 0.6) is 0 Å². The van der Waals surface area contributed by atoms with E-state index in [4.69, 9.17) is 0 Å². The van der Waals surface area contributed by atoms with E-state index in [-0.39, 0.29) is 24.8 Å². The van der Waals surface area contributed by atoms with Crippen molar-refractivity contribution >= 4 is 27.7 Å². The van der Waals surface area contributed by atoms with E-state index in [1.165, 1.54) is 11.0 Å². The van der Waals surface area contributed by atoms with Crippen LogP contribution in [0.25, 0.3) is 0 Å². The van der Waals surface area contributed by atoms with Crippen LogP contribution in [0.1, 0.15) is 31.9 Å². The molecule has 0 aliphatic heterocycles. The van der Waals surface area contributed by atoms with E-state index in [2.05, 4.69) is 21.2 Å². The predicted molar refractivity (Wildman–Crippen MR) is 112 cm³/mol. The maximum Gasteiger partial charge on any atom is 0.242 e. The minimum Gasteiger partial charge on any atom is -0.354 e. The number of carbonyl (C=O) groups excluding carboxylic acids is 2. The Bertz CT molecular complexity index is 826. The summed E-state index contributed by atoms with van der Waals surface area (Å²) in [5.74, 6) is -0.623. The topological polar surface area (TPSA) is 49.4 Å². The number of hydrogen-bond acceptors (Lipinski definition) is 2. The molecule has 2 aromatic carbocycles. The van der Waals surface area contributed by atoms with E-state index in [1.54, 1.807) is 25.1 Å². The molecule has 0 saturated heterocycles. The molecule has 0 fully saturated rings. The van der Waals surface area contributed by atoms with Crippen LogP contribution in [-0.4, -0.2) is 29.3 Å². The summed E-state index contributed by atoms with van der Waals surface area (Å²) in [5, 5.41) is 2.87. The van der Waals surface area contributed by atoms with Crippen molar-refractivity contribution < 1.29 is 14.0 Å². The number of carbonyl (C=O) groups is 2. The summed E-state index contributed by atoms with van der Waals surface area (Å²) in [5.41, 5.74) is 1.21. The second-order valence-corrected chi connectivity index (χ2v) is 8.15. The summed E-state index contributed by atoms with van der Waals surface area (Å²) in [4.78, 5) is 27.1. The Labute approximate surface area is 174 Å². The molecule has 28 heavy (non-hydrogen) atoms. The number of amides is 2. The number of benzene rings is 2. The molecule has 1 unspecified atom stereocenters. The van der Waals surface area contributed by atoms with Crippen LogP contribution in [-0.2, 0) is 22.6 Å². The molecule has 1 N–H and O–H groups in total. The first kappa shape index (κ1) is 22.1. The Balaban J connectivity index is 2.22. The van der Waals surface area contributed by atoms with Gasteiger partial charge in [-0.2, -0.15) is 0 Å². The molecule has 0 aliphatic rings. The van der Waals surface area contributed by atoms with Crippen molar-refractivity contribution in [2.45, 2.75) is 39.8 Å². The molecular formula is C22H26BrFN2O2. The summed E-state index contributed by atoms with van der Waals surface area (Å²) in [6, 6.07) is 13.1. The van der Waals surface area contributed by atoms with Gasteiger partial charge >= 0.3 is 0 Å². The first-order valence-corrected chi connectivity index (χ1v) is 10.1. The zero-order valence-electron chi connectivity index (χ0n) is 16.4. The van der Waals surface area contributed by atoms with Gasteiger partial charge in [0.1, 0.15) is 11.9 Å². The summed E-state index contributed by atoms with van der Waals surface area (Å²) >= 11 is 3.43. The Morgan fingerprint density at radius 2 is 1.82 bits per heavy atom. The predicted octanol–water partition coefficient (Wildman–Crippen LogP) is 4.32. The van der Waals surface area contributed by atoms with Gasteiger partial charge in [0.2, 0.25) is 11.8 Å². The van der Waals surface area contributed by atoms with Crippen LogP contribution in [0.15, 0.2) is 53.0 Å². The smallest absolute Gasteiger partial charge is 0.242 e. The minimum atomic E-state index is -0.669. The minimum absolute atomic E-state index is 0.0948. The maximum atomic E-state index is 14.0. The lowest BCUT2D eigenvalue weighted by atomic mass is 10.1. The van der Waals surface area contributed by atoms with Crippen molar-refractivity contribution in [2.24, 2.45) is 5.92 Å². The fourth-order valence-corrected chi connectivity index (χ4v) is 3.22. The van der Waals surface area contributed by atoms with E-state index in [1.807, 2.05) is 38.1 Å². The molecule has 4 nitrogen and oxygen atoms in total. The van der Waals surface area contributed by atoms with Crippen LogP contribution in [0.2, 0.25) is 0 Å². The van der Waals surface area contributed by atoms with Crippen LogP contribution < -0.4 is 5.32 Å². The van der Waals surface area contributed by atoms with E-state index in [9.17, 15) is 14.0 Å². The van der Waals surface area contributed by atoms with Gasteiger partial charge in [-0.3, -0.25) is 9.59 Å². The molecule has 0 saturated carbocycles. The van der Waals surface area contributed by atoms with E-state index in [0.717, 1.165) is 10.0 Å². The van der Waals surface area contributed by atoms with Gasteiger partial charge in [0.05, 0.1) is 6.42 Å². The summed E-state index contributed by atoms with van der Waals surface area (Å²) < 4.78 is 14.9. The number of halogens is 2. The zero-order chi connectivity index (χ0) is 20.7. The van der Waals surface area contributed by atoms with Crippen LogP contribution in [0.4, 0.5) is 4.39 Å². The number of nitrogens with zero attached hydrogens (tertiary/aromatic N) is 1. The normalized spacial score (nSPS) is 11.9. The summed E-state index contributed by atoms with van der Waals surface area (Å²) in [6.45, 7) is 6.52. The fraction of sp³-hybridized carbons (Fsp3) is 0.364. The Hall–Kier alpha value is -2.21. The first-order chi connectivity index (χ1) is 13.3. The molecule has 2 aromatic rings. The number of hydrogen-bond donors (Lipinski definition) is 1. The van der Waals surface area contributed by atoms with Crippen molar-refractivity contribution in [1.29, 1.82) is 0 Å². The highest BCUT2D eigenvalue weighted by Crippen LogP contribution is 2.17. The van der Waals surface area contributed by atoms with Gasteiger partial charge in [0, 0.05) is 17.6 Å². The van der Waals surface area contributed by atoms with E-state index >= 15 is 0 Å². The zero-order valence-corrected chi connectivity index (χ0v) is 18.0. The lowest BCUT2D eigenvalue weighted by Crippen LogP contribution is -2.48. The van der Waals surface area contributed by atoms with Gasteiger partial charge in [-0.05, 0) is 42.2 Å². The van der Waals surface area contributed by atoms with Gasteiger partial charge in [-0.1, -0.05) is 60.1 Å². The molecule has 0 radical (unpaired) electrons. The molecule has 0 spiro atoms. The van der Waals surface area contributed by atoms with Crippen molar-refractivity contribution in [2.75, 3.05) is 6.54 Å². The molecule has 150 valence electrons. The van der Waals surface area contributed by atoms with Gasteiger partial charge < -0.3 is 10.2 Å². The molecule has 2 rings (SSSR count). The lowest BCUT2D eigenvalue weighted by molar-refractivity contribution is -0.140. The second kappa shape index (κ2) is 10.4. The van der Waals surface area contributed by atoms with Crippen molar-refractivity contribution in [1.82, 2.24) is 10.2 Å². The van der Waals surface area contributed by atoms with Crippen LogP contribution in [0, 0.1) is 11.7 Å². The maximum absolute atomic E-state index is 14.0. The average molecular weight is 449 g/mol.